The Labute approximate surface area is 158 Å². The second-order valence-electron chi connectivity index (χ2n) is 5.97. The van der Waals surface area contributed by atoms with Crippen LogP contribution >= 0.6 is 0 Å². The molecule has 0 saturated carbocycles. The first-order valence-electron chi connectivity index (χ1n) is 8.27. The molecule has 0 bridgehead atoms. The normalized spacial score (nSPS) is 8.85. The van der Waals surface area contributed by atoms with Crippen LogP contribution in [0.25, 0.3) is 0 Å². The summed E-state index contributed by atoms with van der Waals surface area (Å²) in [6.07, 6.45) is 0. The van der Waals surface area contributed by atoms with Gasteiger partial charge in [-0.2, -0.15) is 0 Å². The van der Waals surface area contributed by atoms with Gasteiger partial charge in [-0.3, -0.25) is 0 Å². The van der Waals surface area contributed by atoms with Gasteiger partial charge >= 0.3 is 0 Å². The molecule has 0 aliphatic carbocycles. The molecule has 3 rings (SSSR count). The molecule has 0 unspecified atom stereocenters. The summed E-state index contributed by atoms with van der Waals surface area (Å²) < 4.78 is 17.1. The number of methoxy groups -OCH3 is 1. The molecule has 0 fully saturated rings. The van der Waals surface area contributed by atoms with E-state index >= 15 is 0 Å². The van der Waals surface area contributed by atoms with Gasteiger partial charge in [-0.1, -0.05) is 78.2 Å². The van der Waals surface area contributed by atoms with Gasteiger partial charge in [0, 0.05) is 0 Å². The van der Waals surface area contributed by atoms with E-state index in [9.17, 15) is 4.39 Å². The largest absolute Gasteiger partial charge is 0.497 e. The predicted octanol–water partition coefficient (Wildman–Crippen LogP) is 7.08. The summed E-state index contributed by atoms with van der Waals surface area (Å²) in [7, 11) is 1.67. The molecular formula is C24H31FO. The predicted molar refractivity (Wildman–Crippen MR) is 112 cm³/mol. The van der Waals surface area contributed by atoms with Crippen molar-refractivity contribution in [2.45, 2.75) is 35.1 Å². The SMILES string of the molecule is C.COc1ccc(C)cc1.Cc1ccc(C)cc1.Cc1ccc(F)cc1. The van der Waals surface area contributed by atoms with Crippen molar-refractivity contribution in [2.75, 3.05) is 7.11 Å². The fourth-order valence-electron chi connectivity index (χ4n) is 1.84. The number of benzene rings is 3. The molecule has 0 aliphatic heterocycles. The first-order valence-corrected chi connectivity index (χ1v) is 8.27. The lowest BCUT2D eigenvalue weighted by molar-refractivity contribution is 0.414. The van der Waals surface area contributed by atoms with E-state index in [1.165, 1.54) is 28.8 Å². The fourth-order valence-corrected chi connectivity index (χ4v) is 1.84. The zero-order valence-corrected chi connectivity index (χ0v) is 15.7. The molecule has 0 amide bonds. The van der Waals surface area contributed by atoms with Crippen molar-refractivity contribution in [1.29, 1.82) is 0 Å². The topological polar surface area (TPSA) is 9.23 Å². The third-order valence-electron chi connectivity index (χ3n) is 3.49. The molecule has 3 aromatic carbocycles. The third kappa shape index (κ3) is 10.3. The Morgan fingerprint density at radius 2 is 0.808 bits per heavy atom. The Balaban J connectivity index is 0.000000355. The number of rotatable bonds is 1. The Morgan fingerprint density at radius 3 is 1.08 bits per heavy atom. The molecule has 0 radical (unpaired) electrons. The molecule has 0 atom stereocenters. The van der Waals surface area contributed by atoms with Gasteiger partial charge in [0.1, 0.15) is 11.6 Å². The summed E-state index contributed by atoms with van der Waals surface area (Å²) in [5, 5.41) is 0. The van der Waals surface area contributed by atoms with Gasteiger partial charge in [-0.25, -0.2) is 4.39 Å². The van der Waals surface area contributed by atoms with Gasteiger partial charge in [0.25, 0.3) is 0 Å². The fraction of sp³-hybridized carbons (Fsp3) is 0.250. The van der Waals surface area contributed by atoms with Gasteiger partial charge < -0.3 is 4.74 Å². The summed E-state index contributed by atoms with van der Waals surface area (Å²) in [6.45, 7) is 8.18. The lowest BCUT2D eigenvalue weighted by atomic mass is 10.2. The van der Waals surface area contributed by atoms with E-state index in [2.05, 4.69) is 45.0 Å². The number of halogens is 1. The molecule has 0 heterocycles. The molecule has 0 aromatic heterocycles. The van der Waals surface area contributed by atoms with E-state index in [0.717, 1.165) is 11.3 Å². The van der Waals surface area contributed by atoms with Gasteiger partial charge in [0.15, 0.2) is 0 Å². The van der Waals surface area contributed by atoms with Crippen LogP contribution in [0, 0.1) is 33.5 Å². The Morgan fingerprint density at radius 1 is 0.538 bits per heavy atom. The van der Waals surface area contributed by atoms with E-state index in [1.54, 1.807) is 19.2 Å². The van der Waals surface area contributed by atoms with E-state index < -0.39 is 0 Å². The van der Waals surface area contributed by atoms with Gasteiger partial charge in [-0.05, 0) is 52.0 Å². The molecule has 0 spiro atoms. The van der Waals surface area contributed by atoms with Crippen molar-refractivity contribution >= 4 is 0 Å². The van der Waals surface area contributed by atoms with Gasteiger partial charge in [0.2, 0.25) is 0 Å². The first-order chi connectivity index (χ1) is 11.9. The second-order valence-corrected chi connectivity index (χ2v) is 5.97. The van der Waals surface area contributed by atoms with E-state index in [0.29, 0.717) is 0 Å². The number of ether oxygens (including phenoxy) is 1. The van der Waals surface area contributed by atoms with Crippen molar-refractivity contribution in [2.24, 2.45) is 0 Å². The van der Waals surface area contributed by atoms with E-state index in [4.69, 9.17) is 4.74 Å². The molecule has 140 valence electrons. The van der Waals surface area contributed by atoms with Crippen molar-refractivity contribution in [3.05, 3.63) is 101 Å². The summed E-state index contributed by atoms with van der Waals surface area (Å²) in [4.78, 5) is 0. The summed E-state index contributed by atoms with van der Waals surface area (Å²) >= 11 is 0. The van der Waals surface area contributed by atoms with Crippen molar-refractivity contribution in [3.63, 3.8) is 0 Å². The summed E-state index contributed by atoms with van der Waals surface area (Å²) in [5.41, 5.74) is 5.01. The van der Waals surface area contributed by atoms with Crippen molar-refractivity contribution in [3.8, 4) is 5.75 Å². The average molecular weight is 355 g/mol. The zero-order chi connectivity index (χ0) is 18.7. The molecule has 3 aromatic rings. The number of hydrogen-bond donors (Lipinski definition) is 0. The summed E-state index contributed by atoms with van der Waals surface area (Å²) in [5.74, 6) is 0.746. The third-order valence-corrected chi connectivity index (χ3v) is 3.49. The van der Waals surface area contributed by atoms with Crippen LogP contribution < -0.4 is 4.74 Å². The highest BCUT2D eigenvalue weighted by atomic mass is 19.1. The minimum absolute atomic E-state index is 0. The van der Waals surface area contributed by atoms with Crippen LogP contribution in [0.4, 0.5) is 4.39 Å². The Hall–Kier alpha value is -2.61. The van der Waals surface area contributed by atoms with Crippen molar-refractivity contribution < 1.29 is 9.13 Å². The minimum Gasteiger partial charge on any atom is -0.497 e. The quantitative estimate of drug-likeness (QED) is 0.454. The second kappa shape index (κ2) is 12.7. The Bertz CT molecular complexity index is 628. The molecule has 0 N–H and O–H groups in total. The van der Waals surface area contributed by atoms with Crippen LogP contribution in [-0.2, 0) is 0 Å². The molecule has 0 aliphatic rings. The smallest absolute Gasteiger partial charge is 0.123 e. The molecule has 0 saturated heterocycles. The molecular weight excluding hydrogens is 323 g/mol. The number of hydrogen-bond acceptors (Lipinski definition) is 1. The van der Waals surface area contributed by atoms with Crippen LogP contribution in [0.3, 0.4) is 0 Å². The molecule has 26 heavy (non-hydrogen) atoms. The monoisotopic (exact) mass is 354 g/mol. The maximum Gasteiger partial charge on any atom is 0.123 e. The average Bonchev–Trinajstić information content (AvgIpc) is 2.62. The number of aryl methyl sites for hydroxylation is 4. The lowest BCUT2D eigenvalue weighted by Gasteiger charge is -1.97. The highest BCUT2D eigenvalue weighted by Gasteiger charge is 1.86. The maximum atomic E-state index is 12.1. The first kappa shape index (κ1) is 23.4. The van der Waals surface area contributed by atoms with Gasteiger partial charge in [-0.15, -0.1) is 0 Å². The highest BCUT2D eigenvalue weighted by Crippen LogP contribution is 2.09. The van der Waals surface area contributed by atoms with Crippen LogP contribution in [-0.4, -0.2) is 7.11 Å². The lowest BCUT2D eigenvalue weighted by Crippen LogP contribution is -1.80. The van der Waals surface area contributed by atoms with Crippen LogP contribution in [0.15, 0.2) is 72.8 Å². The molecule has 2 heteroatoms. The maximum absolute atomic E-state index is 12.1. The van der Waals surface area contributed by atoms with Crippen LogP contribution in [0.2, 0.25) is 0 Å². The highest BCUT2D eigenvalue weighted by molar-refractivity contribution is 5.26. The Kier molecular flexibility index (Phi) is 11.4. The summed E-state index contributed by atoms with van der Waals surface area (Å²) in [6, 6.07) is 22.8. The van der Waals surface area contributed by atoms with Gasteiger partial charge in [0.05, 0.1) is 7.11 Å². The standard InChI is InChI=1S/C8H10O.C8H10.C7H7F.CH4/c1-7-3-5-8(9-2)6-4-7;1-7-3-5-8(2)6-4-7;1-6-2-4-7(8)5-3-6;/h3-6H,1-2H3;3-6H,1-2H3;2-5H,1H3;1H4. The van der Waals surface area contributed by atoms with E-state index in [1.807, 2.05) is 31.2 Å². The van der Waals surface area contributed by atoms with E-state index in [-0.39, 0.29) is 13.2 Å². The van der Waals surface area contributed by atoms with Crippen molar-refractivity contribution in [1.82, 2.24) is 0 Å². The van der Waals surface area contributed by atoms with Crippen LogP contribution in [0.1, 0.15) is 29.7 Å². The zero-order valence-electron chi connectivity index (χ0n) is 15.7. The minimum atomic E-state index is -0.171. The van der Waals surface area contributed by atoms with Crippen LogP contribution in [0.5, 0.6) is 5.75 Å². The molecule has 1 nitrogen and oxygen atoms in total.